The normalized spacial score (nSPS) is 10.0. The Bertz CT molecular complexity index is 646. The summed E-state index contributed by atoms with van der Waals surface area (Å²) in [5.74, 6) is 0.281. The molecule has 0 aliphatic rings. The first-order valence-electron chi connectivity index (χ1n) is 4.80. The van der Waals surface area contributed by atoms with Gasteiger partial charge < -0.3 is 4.74 Å². The van der Waals surface area contributed by atoms with Crippen molar-refractivity contribution in [3.63, 3.8) is 0 Å². The Morgan fingerprint density at radius 3 is 2.58 bits per heavy atom. The van der Waals surface area contributed by atoms with Crippen molar-refractivity contribution in [1.29, 1.82) is 5.26 Å². The van der Waals surface area contributed by atoms with Gasteiger partial charge in [-0.15, -0.1) is 5.26 Å². The van der Waals surface area contributed by atoms with E-state index in [1.54, 1.807) is 18.4 Å². The Morgan fingerprint density at radius 1 is 1.26 bits per heavy atom. The molecule has 0 atom stereocenters. The van der Waals surface area contributed by atoms with Crippen LogP contribution in [0.4, 0.5) is 0 Å². The molecule has 19 heavy (non-hydrogen) atoms. The third kappa shape index (κ3) is 3.74. The number of benzene rings is 1. The van der Waals surface area contributed by atoms with Gasteiger partial charge in [0.25, 0.3) is 6.26 Å². The quantitative estimate of drug-likeness (QED) is 0.580. The number of ether oxygens (including phenoxy) is 1. The Balaban J connectivity index is 2.32. The number of nitrogens with zero attached hydrogens (tertiary/aromatic N) is 3. The summed E-state index contributed by atoms with van der Waals surface area (Å²) in [7, 11) is 0. The summed E-state index contributed by atoms with van der Waals surface area (Å²) >= 11 is 16.3. The zero-order valence-corrected chi connectivity index (χ0v) is 13.0. The van der Waals surface area contributed by atoms with E-state index in [0.717, 1.165) is 9.37 Å². The van der Waals surface area contributed by atoms with Crippen molar-refractivity contribution < 1.29 is 4.74 Å². The van der Waals surface area contributed by atoms with Crippen molar-refractivity contribution >= 4 is 50.9 Å². The number of nitriles is 1. The fourth-order valence-electron chi connectivity index (χ4n) is 1.17. The van der Waals surface area contributed by atoms with Gasteiger partial charge in [-0.2, -0.15) is 0 Å². The maximum atomic E-state index is 8.54. The van der Waals surface area contributed by atoms with Crippen LogP contribution in [0, 0.1) is 11.5 Å². The minimum absolute atomic E-state index is 0.281. The van der Waals surface area contributed by atoms with Gasteiger partial charge in [-0.1, -0.05) is 23.2 Å². The molecule has 0 saturated carbocycles. The molecule has 0 unspecified atom stereocenters. The number of halogens is 3. The molecule has 0 fully saturated rings. The molecule has 8 heteroatoms. The first kappa shape index (κ1) is 14.4. The summed E-state index contributed by atoms with van der Waals surface area (Å²) in [6.45, 7) is 0. The highest BCUT2D eigenvalue weighted by Gasteiger charge is 2.11. The molecule has 0 amide bonds. The minimum atomic E-state index is 0.281. The lowest BCUT2D eigenvalue weighted by Crippen LogP contribution is -1.88. The van der Waals surface area contributed by atoms with Gasteiger partial charge in [0.05, 0.1) is 22.4 Å². The Labute approximate surface area is 131 Å². The monoisotopic (exact) mass is 375 g/mol. The van der Waals surface area contributed by atoms with E-state index in [4.69, 9.17) is 33.2 Å². The maximum Gasteiger partial charge on any atom is 0.292 e. The van der Waals surface area contributed by atoms with Gasteiger partial charge in [0, 0.05) is 9.37 Å². The smallest absolute Gasteiger partial charge is 0.292 e. The highest BCUT2D eigenvalue weighted by Crippen LogP contribution is 2.38. The van der Waals surface area contributed by atoms with E-state index >= 15 is 0 Å². The molecule has 0 bridgehead atoms. The zero-order chi connectivity index (χ0) is 13.8. The summed E-state index contributed by atoms with van der Waals surface area (Å²) in [6, 6.07) is 3.28. The molecule has 1 heterocycles. The highest BCUT2D eigenvalue weighted by atomic mass is 79.9. The molecule has 0 N–H and O–H groups in total. The average molecular weight is 377 g/mol. The van der Waals surface area contributed by atoms with Crippen LogP contribution in [0.25, 0.3) is 0 Å². The molecule has 4 nitrogen and oxygen atoms in total. The van der Waals surface area contributed by atoms with Crippen LogP contribution in [0.2, 0.25) is 10.0 Å². The van der Waals surface area contributed by atoms with Gasteiger partial charge in [0.2, 0.25) is 0 Å². The van der Waals surface area contributed by atoms with Crippen LogP contribution in [0.3, 0.4) is 0 Å². The van der Waals surface area contributed by atoms with E-state index < -0.39 is 0 Å². The Hall–Kier alpha value is -1.000. The fourth-order valence-corrected chi connectivity index (χ4v) is 2.92. The minimum Gasteiger partial charge on any atom is -0.386 e. The number of aromatic nitrogens is 2. The van der Waals surface area contributed by atoms with Gasteiger partial charge >= 0.3 is 0 Å². The van der Waals surface area contributed by atoms with E-state index in [9.17, 15) is 0 Å². The van der Waals surface area contributed by atoms with Crippen molar-refractivity contribution in [2.24, 2.45) is 0 Å². The van der Waals surface area contributed by atoms with E-state index in [1.165, 1.54) is 24.2 Å². The van der Waals surface area contributed by atoms with Crippen LogP contribution in [0.15, 0.2) is 39.1 Å². The van der Waals surface area contributed by atoms with E-state index in [0.29, 0.717) is 15.2 Å². The standard InChI is InChI=1S/C11H4BrCl2N3OS/c12-7-1-8(14)9(18-5-15)2-10(7)19-11-16-3-6(13)4-17-11/h1-4H. The second kappa shape index (κ2) is 6.44. The second-order valence-electron chi connectivity index (χ2n) is 3.19. The van der Waals surface area contributed by atoms with Crippen molar-refractivity contribution in [2.45, 2.75) is 10.1 Å². The van der Waals surface area contributed by atoms with Crippen LogP contribution in [-0.2, 0) is 0 Å². The van der Waals surface area contributed by atoms with Crippen LogP contribution in [0.5, 0.6) is 5.75 Å². The predicted octanol–water partition coefficient (Wildman–Crippen LogP) is 4.56. The summed E-state index contributed by atoms with van der Waals surface area (Å²) < 4.78 is 5.52. The van der Waals surface area contributed by atoms with Crippen LogP contribution < -0.4 is 4.74 Å². The number of hydrogen-bond acceptors (Lipinski definition) is 5. The highest BCUT2D eigenvalue weighted by molar-refractivity contribution is 9.10. The van der Waals surface area contributed by atoms with Gasteiger partial charge in [-0.25, -0.2) is 9.97 Å². The lowest BCUT2D eigenvalue weighted by molar-refractivity contribution is 0.506. The van der Waals surface area contributed by atoms with Crippen LogP contribution in [-0.4, -0.2) is 9.97 Å². The second-order valence-corrected chi connectivity index (χ2v) is 5.90. The third-order valence-corrected chi connectivity index (χ3v) is 4.30. The first-order chi connectivity index (χ1) is 9.10. The van der Waals surface area contributed by atoms with Crippen molar-refractivity contribution in [3.05, 3.63) is 39.0 Å². The molecular formula is C11H4BrCl2N3OS. The van der Waals surface area contributed by atoms with Gasteiger partial charge in [0.1, 0.15) is 0 Å². The van der Waals surface area contributed by atoms with E-state index in [1.807, 2.05) is 0 Å². The number of rotatable bonds is 3. The molecule has 0 aliphatic heterocycles. The molecule has 2 aromatic rings. The predicted molar refractivity (Wildman–Crippen MR) is 76.6 cm³/mol. The molecule has 1 aromatic carbocycles. The average Bonchev–Trinajstić information content (AvgIpc) is 2.38. The largest absolute Gasteiger partial charge is 0.386 e. The molecule has 0 aliphatic carbocycles. The lowest BCUT2D eigenvalue weighted by atomic mass is 10.3. The van der Waals surface area contributed by atoms with Gasteiger partial charge in [0.15, 0.2) is 10.9 Å². The summed E-state index contributed by atoms with van der Waals surface area (Å²) in [6.07, 6.45) is 4.60. The van der Waals surface area contributed by atoms with Crippen molar-refractivity contribution in [2.75, 3.05) is 0 Å². The first-order valence-corrected chi connectivity index (χ1v) is 7.17. The van der Waals surface area contributed by atoms with E-state index in [-0.39, 0.29) is 5.75 Å². The van der Waals surface area contributed by atoms with Crippen LogP contribution in [0.1, 0.15) is 0 Å². The zero-order valence-electron chi connectivity index (χ0n) is 9.10. The van der Waals surface area contributed by atoms with Crippen LogP contribution >= 0.6 is 50.9 Å². The maximum absolute atomic E-state index is 8.54. The molecule has 0 saturated heterocycles. The Kier molecular flexibility index (Phi) is 4.88. The molecule has 2 rings (SSSR count). The van der Waals surface area contributed by atoms with E-state index in [2.05, 4.69) is 25.9 Å². The van der Waals surface area contributed by atoms with Gasteiger partial charge in [-0.3, -0.25) is 0 Å². The Morgan fingerprint density at radius 2 is 1.95 bits per heavy atom. The lowest BCUT2D eigenvalue weighted by Gasteiger charge is -2.06. The summed E-state index contributed by atoms with van der Waals surface area (Å²) in [5.41, 5.74) is 0. The third-order valence-electron chi connectivity index (χ3n) is 1.94. The van der Waals surface area contributed by atoms with Gasteiger partial charge in [-0.05, 0) is 39.8 Å². The van der Waals surface area contributed by atoms with Crippen molar-refractivity contribution in [1.82, 2.24) is 9.97 Å². The summed E-state index contributed by atoms with van der Waals surface area (Å²) in [5, 5.41) is 9.87. The molecule has 0 radical (unpaired) electrons. The molecular weight excluding hydrogens is 373 g/mol. The topological polar surface area (TPSA) is 58.8 Å². The van der Waals surface area contributed by atoms with Crippen molar-refractivity contribution in [3.8, 4) is 12.0 Å². The SMILES string of the molecule is N#COc1cc(Sc2ncc(Cl)cn2)c(Br)cc1Cl. The fraction of sp³-hybridized carbons (Fsp3) is 0. The molecule has 1 aromatic heterocycles. The number of hydrogen-bond donors (Lipinski definition) is 0. The molecule has 0 spiro atoms. The molecule has 96 valence electrons. The summed E-state index contributed by atoms with van der Waals surface area (Å²) in [4.78, 5) is 8.92.